The molecule has 7 heteroatoms. The summed E-state index contributed by atoms with van der Waals surface area (Å²) < 4.78 is 2.03. The number of nitrogens with one attached hydrogen (secondary N) is 2. The summed E-state index contributed by atoms with van der Waals surface area (Å²) in [5, 5.41) is 6.01. The predicted molar refractivity (Wildman–Crippen MR) is 117 cm³/mol. The fourth-order valence-electron chi connectivity index (χ4n) is 3.70. The van der Waals surface area contributed by atoms with Gasteiger partial charge in [-0.2, -0.15) is 0 Å². The molecule has 0 aliphatic heterocycles. The van der Waals surface area contributed by atoms with Crippen LogP contribution in [0, 0.1) is 19.8 Å². The number of amides is 1. The van der Waals surface area contributed by atoms with Gasteiger partial charge in [-0.05, 0) is 44.4 Å². The third-order valence-corrected chi connectivity index (χ3v) is 5.79. The highest BCUT2D eigenvalue weighted by Gasteiger charge is 2.23. The van der Waals surface area contributed by atoms with E-state index in [2.05, 4.69) is 29.1 Å². The summed E-state index contributed by atoms with van der Waals surface area (Å²) in [6, 6.07) is 9.67. The molecule has 0 spiro atoms. The molecule has 2 N–H and O–H groups in total. The second-order valence-electron chi connectivity index (χ2n) is 7.73. The SMILES string of the molecule is Cc1cc(C(=O)NC(CC(C)C)c2nc3ccccc3[nH]2)c(C)n1-c1nccs1. The number of aromatic nitrogens is 4. The van der Waals surface area contributed by atoms with Gasteiger partial charge >= 0.3 is 0 Å². The number of carbonyl (C=O) groups excluding carboxylic acids is 1. The number of rotatable bonds is 6. The number of hydrogen-bond donors (Lipinski definition) is 2. The molecule has 29 heavy (non-hydrogen) atoms. The van der Waals surface area contributed by atoms with Crippen molar-refractivity contribution in [3.05, 3.63) is 64.7 Å². The maximum Gasteiger partial charge on any atom is 0.253 e. The maximum atomic E-state index is 13.2. The van der Waals surface area contributed by atoms with Crippen molar-refractivity contribution in [3.8, 4) is 5.13 Å². The Morgan fingerprint density at radius 3 is 2.76 bits per heavy atom. The second kappa shape index (κ2) is 7.83. The first kappa shape index (κ1) is 19.4. The number of para-hydroxylation sites is 2. The molecule has 1 amide bonds. The van der Waals surface area contributed by atoms with Gasteiger partial charge in [-0.25, -0.2) is 9.97 Å². The van der Waals surface area contributed by atoms with Gasteiger partial charge in [0, 0.05) is 23.0 Å². The first-order chi connectivity index (χ1) is 13.9. The summed E-state index contributed by atoms with van der Waals surface area (Å²) in [6.45, 7) is 8.25. The summed E-state index contributed by atoms with van der Waals surface area (Å²) >= 11 is 1.56. The zero-order valence-electron chi connectivity index (χ0n) is 17.1. The van der Waals surface area contributed by atoms with Crippen LogP contribution in [0.4, 0.5) is 0 Å². The van der Waals surface area contributed by atoms with E-state index in [-0.39, 0.29) is 11.9 Å². The molecule has 3 heterocycles. The summed E-state index contributed by atoms with van der Waals surface area (Å²) in [5.41, 5.74) is 4.44. The van der Waals surface area contributed by atoms with Crippen molar-refractivity contribution in [1.82, 2.24) is 24.8 Å². The zero-order valence-corrected chi connectivity index (χ0v) is 17.9. The standard InChI is InChI=1S/C22H25N5OS/c1-13(2)11-19(20-24-17-7-5-6-8-18(17)25-20)26-21(28)16-12-14(3)27(15(16)4)22-23-9-10-29-22/h5-10,12-13,19H,11H2,1-4H3,(H,24,25)(H,26,28). The normalized spacial score (nSPS) is 12.6. The lowest BCUT2D eigenvalue weighted by atomic mass is 10.0. The third kappa shape index (κ3) is 3.82. The summed E-state index contributed by atoms with van der Waals surface area (Å²) in [5.74, 6) is 1.12. The Morgan fingerprint density at radius 2 is 2.07 bits per heavy atom. The molecule has 0 saturated heterocycles. The first-order valence-electron chi connectivity index (χ1n) is 9.78. The van der Waals surface area contributed by atoms with Gasteiger partial charge in [-0.1, -0.05) is 26.0 Å². The van der Waals surface area contributed by atoms with E-state index in [0.717, 1.165) is 39.8 Å². The Morgan fingerprint density at radius 1 is 1.28 bits per heavy atom. The van der Waals surface area contributed by atoms with Gasteiger partial charge in [-0.3, -0.25) is 9.36 Å². The molecule has 0 radical (unpaired) electrons. The molecule has 0 saturated carbocycles. The van der Waals surface area contributed by atoms with Crippen LogP contribution in [0.5, 0.6) is 0 Å². The van der Waals surface area contributed by atoms with Gasteiger partial charge in [0.2, 0.25) is 0 Å². The molecular weight excluding hydrogens is 382 g/mol. The number of hydrogen-bond acceptors (Lipinski definition) is 4. The highest BCUT2D eigenvalue weighted by atomic mass is 32.1. The Bertz CT molecular complexity index is 1110. The third-order valence-electron chi connectivity index (χ3n) is 5.04. The Labute approximate surface area is 174 Å². The van der Waals surface area contributed by atoms with Crippen molar-refractivity contribution in [3.63, 3.8) is 0 Å². The minimum atomic E-state index is -0.183. The number of aryl methyl sites for hydroxylation is 1. The van der Waals surface area contributed by atoms with Crippen LogP contribution in [0.25, 0.3) is 16.2 Å². The molecule has 0 bridgehead atoms. The fraction of sp³-hybridized carbons (Fsp3) is 0.318. The van der Waals surface area contributed by atoms with Crippen LogP contribution in [0.3, 0.4) is 0 Å². The van der Waals surface area contributed by atoms with Crippen molar-refractivity contribution in [2.24, 2.45) is 5.92 Å². The molecular formula is C22H25N5OS. The van der Waals surface area contributed by atoms with Gasteiger partial charge in [-0.15, -0.1) is 11.3 Å². The van der Waals surface area contributed by atoms with E-state index in [4.69, 9.17) is 4.98 Å². The van der Waals surface area contributed by atoms with Crippen LogP contribution in [0.1, 0.15) is 53.9 Å². The molecule has 0 aliphatic carbocycles. The number of H-pyrrole nitrogens is 1. The Hall–Kier alpha value is -2.93. The number of aromatic amines is 1. The minimum absolute atomic E-state index is 0.0907. The lowest BCUT2D eigenvalue weighted by molar-refractivity contribution is 0.0929. The quantitative estimate of drug-likeness (QED) is 0.475. The second-order valence-corrected chi connectivity index (χ2v) is 8.60. The monoisotopic (exact) mass is 407 g/mol. The van der Waals surface area contributed by atoms with E-state index in [9.17, 15) is 4.79 Å². The molecule has 0 fully saturated rings. The van der Waals surface area contributed by atoms with E-state index in [0.29, 0.717) is 11.5 Å². The summed E-state index contributed by atoms with van der Waals surface area (Å²) in [4.78, 5) is 25.7. The van der Waals surface area contributed by atoms with Crippen LogP contribution in [0.2, 0.25) is 0 Å². The molecule has 1 atom stereocenters. The fourth-order valence-corrected chi connectivity index (χ4v) is 4.45. The highest BCUT2D eigenvalue weighted by Crippen LogP contribution is 2.25. The lowest BCUT2D eigenvalue weighted by Gasteiger charge is -2.19. The molecule has 1 aromatic carbocycles. The van der Waals surface area contributed by atoms with Crippen LogP contribution >= 0.6 is 11.3 Å². The number of fused-ring (bicyclic) bond motifs is 1. The van der Waals surface area contributed by atoms with Crippen molar-refractivity contribution in [1.29, 1.82) is 0 Å². The largest absolute Gasteiger partial charge is 0.342 e. The average molecular weight is 408 g/mol. The van der Waals surface area contributed by atoms with E-state index in [1.54, 1.807) is 17.5 Å². The highest BCUT2D eigenvalue weighted by molar-refractivity contribution is 7.12. The number of benzene rings is 1. The molecule has 4 aromatic rings. The predicted octanol–water partition coefficient (Wildman–Crippen LogP) is 4.94. The zero-order chi connectivity index (χ0) is 20.5. The van der Waals surface area contributed by atoms with Gasteiger partial charge in [0.15, 0.2) is 5.13 Å². The molecule has 4 rings (SSSR count). The first-order valence-corrected chi connectivity index (χ1v) is 10.7. The molecule has 150 valence electrons. The number of thiazole rings is 1. The summed E-state index contributed by atoms with van der Waals surface area (Å²) in [7, 11) is 0. The molecule has 1 unspecified atom stereocenters. The lowest BCUT2D eigenvalue weighted by Crippen LogP contribution is -2.30. The Balaban J connectivity index is 1.64. The topological polar surface area (TPSA) is 75.6 Å². The number of nitrogens with zero attached hydrogens (tertiary/aromatic N) is 3. The van der Waals surface area contributed by atoms with E-state index >= 15 is 0 Å². The molecule has 6 nitrogen and oxygen atoms in total. The number of carbonyl (C=O) groups is 1. The van der Waals surface area contributed by atoms with Crippen molar-refractivity contribution >= 4 is 28.3 Å². The van der Waals surface area contributed by atoms with Crippen LogP contribution in [0.15, 0.2) is 41.9 Å². The molecule has 0 aliphatic rings. The van der Waals surface area contributed by atoms with Gasteiger partial charge in [0.05, 0.1) is 22.6 Å². The summed E-state index contributed by atoms with van der Waals surface area (Å²) in [6.07, 6.45) is 2.58. The number of imidazole rings is 1. The Kier molecular flexibility index (Phi) is 5.24. The van der Waals surface area contributed by atoms with E-state index in [1.807, 2.05) is 54.1 Å². The van der Waals surface area contributed by atoms with Crippen LogP contribution in [-0.2, 0) is 0 Å². The molecule has 3 aromatic heterocycles. The van der Waals surface area contributed by atoms with Crippen molar-refractivity contribution in [2.75, 3.05) is 0 Å². The van der Waals surface area contributed by atoms with Gasteiger partial charge in [0.25, 0.3) is 5.91 Å². The van der Waals surface area contributed by atoms with Crippen molar-refractivity contribution in [2.45, 2.75) is 40.2 Å². The average Bonchev–Trinajstić information content (AvgIpc) is 3.39. The van der Waals surface area contributed by atoms with Gasteiger partial charge in [0.1, 0.15) is 5.82 Å². The van der Waals surface area contributed by atoms with Crippen LogP contribution < -0.4 is 5.32 Å². The van der Waals surface area contributed by atoms with Crippen LogP contribution in [-0.4, -0.2) is 25.4 Å². The van der Waals surface area contributed by atoms with Crippen molar-refractivity contribution < 1.29 is 4.79 Å². The smallest absolute Gasteiger partial charge is 0.253 e. The maximum absolute atomic E-state index is 13.2. The minimum Gasteiger partial charge on any atom is -0.342 e. The van der Waals surface area contributed by atoms with E-state index in [1.165, 1.54) is 0 Å². The van der Waals surface area contributed by atoms with Gasteiger partial charge < -0.3 is 10.3 Å². The van der Waals surface area contributed by atoms with E-state index < -0.39 is 0 Å².